The van der Waals surface area contributed by atoms with Gasteiger partial charge in [-0.3, -0.25) is 0 Å². The highest BCUT2D eigenvalue weighted by Gasteiger charge is 2.33. The second-order valence-electron chi connectivity index (χ2n) is 5.92. The van der Waals surface area contributed by atoms with Gasteiger partial charge in [0, 0.05) is 12.1 Å². The summed E-state index contributed by atoms with van der Waals surface area (Å²) in [7, 11) is 0. The number of rotatable bonds is 7. The molecule has 0 bridgehead atoms. The summed E-state index contributed by atoms with van der Waals surface area (Å²) in [6.07, 6.45) is 9.05. The van der Waals surface area contributed by atoms with Crippen LogP contribution in [0.15, 0.2) is 0 Å². The third-order valence-electron chi connectivity index (χ3n) is 4.40. The third kappa shape index (κ3) is 3.92. The van der Waals surface area contributed by atoms with Crippen LogP contribution in [0, 0.1) is 0 Å². The molecule has 0 radical (unpaired) electrons. The molecule has 0 aromatic rings. The Hall–Kier alpha value is -0.160. The largest absolute Gasteiger partial charge is 0.394 e. The van der Waals surface area contributed by atoms with Gasteiger partial charge in [0.05, 0.1) is 25.4 Å². The first-order valence-corrected chi connectivity index (χ1v) is 7.40. The zero-order valence-corrected chi connectivity index (χ0v) is 11.2. The number of ether oxygens (including phenoxy) is 1. The lowest BCUT2D eigenvalue weighted by Crippen LogP contribution is -2.49. The fraction of sp³-hybridized carbons (Fsp3) is 1.00. The predicted octanol–water partition coefficient (Wildman–Crippen LogP) is 1.20. The SMILES string of the molecule is OCC1(NCC(O)COC2CCCC2)CCCC1. The van der Waals surface area contributed by atoms with E-state index in [1.807, 2.05) is 0 Å². The van der Waals surface area contributed by atoms with Crippen LogP contribution in [-0.4, -0.2) is 47.7 Å². The maximum absolute atomic E-state index is 9.91. The van der Waals surface area contributed by atoms with Gasteiger partial charge in [0.15, 0.2) is 0 Å². The van der Waals surface area contributed by atoms with Crippen LogP contribution in [0.4, 0.5) is 0 Å². The molecule has 4 nitrogen and oxygen atoms in total. The summed E-state index contributed by atoms with van der Waals surface area (Å²) in [5.74, 6) is 0. The van der Waals surface area contributed by atoms with E-state index in [1.54, 1.807) is 0 Å². The van der Waals surface area contributed by atoms with Gasteiger partial charge in [0.1, 0.15) is 0 Å². The first-order chi connectivity index (χ1) is 8.74. The van der Waals surface area contributed by atoms with E-state index < -0.39 is 6.10 Å². The van der Waals surface area contributed by atoms with Crippen molar-refractivity contribution in [1.82, 2.24) is 5.32 Å². The smallest absolute Gasteiger partial charge is 0.0898 e. The molecule has 4 heteroatoms. The molecule has 0 heterocycles. The average Bonchev–Trinajstić information content (AvgIpc) is 3.06. The molecule has 3 N–H and O–H groups in total. The number of hydrogen-bond donors (Lipinski definition) is 3. The summed E-state index contributed by atoms with van der Waals surface area (Å²) < 4.78 is 5.69. The summed E-state index contributed by atoms with van der Waals surface area (Å²) >= 11 is 0. The van der Waals surface area contributed by atoms with Crippen LogP contribution < -0.4 is 5.32 Å². The normalized spacial score (nSPS) is 25.7. The summed E-state index contributed by atoms with van der Waals surface area (Å²) in [6.45, 7) is 1.11. The van der Waals surface area contributed by atoms with Gasteiger partial charge in [0.2, 0.25) is 0 Å². The molecule has 0 saturated heterocycles. The monoisotopic (exact) mass is 257 g/mol. The Bertz CT molecular complexity index is 235. The Morgan fingerprint density at radius 3 is 2.44 bits per heavy atom. The Labute approximate surface area is 110 Å². The van der Waals surface area contributed by atoms with Crippen LogP contribution in [0.25, 0.3) is 0 Å². The molecule has 2 fully saturated rings. The fourth-order valence-corrected chi connectivity index (χ4v) is 3.14. The Morgan fingerprint density at radius 1 is 1.17 bits per heavy atom. The minimum absolute atomic E-state index is 0.145. The number of β-amino-alcohol motifs (C(OH)–C–C–N with tert-alkyl or cyclic N) is 1. The highest BCUT2D eigenvalue weighted by Crippen LogP contribution is 2.29. The van der Waals surface area contributed by atoms with E-state index in [9.17, 15) is 10.2 Å². The maximum atomic E-state index is 9.91. The number of aliphatic hydroxyl groups excluding tert-OH is 2. The lowest BCUT2D eigenvalue weighted by atomic mass is 9.99. The van der Waals surface area contributed by atoms with Gasteiger partial charge in [-0.2, -0.15) is 0 Å². The van der Waals surface area contributed by atoms with Crippen LogP contribution >= 0.6 is 0 Å². The lowest BCUT2D eigenvalue weighted by molar-refractivity contribution is -0.00940. The highest BCUT2D eigenvalue weighted by atomic mass is 16.5. The second kappa shape index (κ2) is 6.85. The standard InChI is InChI=1S/C14H27NO3/c16-11-14(7-3-4-8-14)15-9-12(17)10-18-13-5-1-2-6-13/h12-13,15-17H,1-11H2. The summed E-state index contributed by atoms with van der Waals surface area (Å²) in [5, 5.41) is 22.7. The van der Waals surface area contributed by atoms with Gasteiger partial charge >= 0.3 is 0 Å². The number of hydrogen-bond acceptors (Lipinski definition) is 4. The van der Waals surface area contributed by atoms with Crippen molar-refractivity contribution in [3.63, 3.8) is 0 Å². The minimum Gasteiger partial charge on any atom is -0.394 e. The fourth-order valence-electron chi connectivity index (χ4n) is 3.14. The Morgan fingerprint density at radius 2 is 1.83 bits per heavy atom. The van der Waals surface area contributed by atoms with Crippen LogP contribution in [0.5, 0.6) is 0 Å². The van der Waals surface area contributed by atoms with E-state index in [2.05, 4.69) is 5.32 Å². The molecule has 0 aromatic heterocycles. The molecular formula is C14H27NO3. The van der Waals surface area contributed by atoms with Gasteiger partial charge in [-0.15, -0.1) is 0 Å². The van der Waals surface area contributed by atoms with E-state index in [-0.39, 0.29) is 12.1 Å². The minimum atomic E-state index is -0.463. The quantitative estimate of drug-likeness (QED) is 0.641. The van der Waals surface area contributed by atoms with Crippen LogP contribution in [0.2, 0.25) is 0 Å². The van der Waals surface area contributed by atoms with E-state index in [1.165, 1.54) is 25.7 Å². The van der Waals surface area contributed by atoms with Crippen LogP contribution in [0.3, 0.4) is 0 Å². The van der Waals surface area contributed by atoms with Crippen molar-refractivity contribution in [2.24, 2.45) is 0 Å². The molecule has 18 heavy (non-hydrogen) atoms. The molecule has 0 spiro atoms. The zero-order valence-electron chi connectivity index (χ0n) is 11.2. The van der Waals surface area contributed by atoms with Crippen molar-refractivity contribution in [3.05, 3.63) is 0 Å². The van der Waals surface area contributed by atoms with Crippen LogP contribution in [0.1, 0.15) is 51.4 Å². The molecule has 1 unspecified atom stereocenters. The molecule has 0 aromatic carbocycles. The van der Waals surface area contributed by atoms with Gasteiger partial charge in [-0.1, -0.05) is 25.7 Å². The highest BCUT2D eigenvalue weighted by molar-refractivity contribution is 4.92. The van der Waals surface area contributed by atoms with Crippen molar-refractivity contribution >= 4 is 0 Å². The summed E-state index contributed by atoms with van der Waals surface area (Å²) in [5.41, 5.74) is -0.145. The van der Waals surface area contributed by atoms with Crippen molar-refractivity contribution in [1.29, 1.82) is 0 Å². The Kier molecular flexibility index (Phi) is 5.42. The average molecular weight is 257 g/mol. The molecule has 1 atom stereocenters. The zero-order chi connectivity index (χ0) is 12.8. The van der Waals surface area contributed by atoms with E-state index >= 15 is 0 Å². The molecule has 2 rings (SSSR count). The number of aliphatic hydroxyl groups is 2. The van der Waals surface area contributed by atoms with Crippen molar-refractivity contribution in [2.75, 3.05) is 19.8 Å². The molecule has 0 aliphatic heterocycles. The van der Waals surface area contributed by atoms with E-state index in [4.69, 9.17) is 4.74 Å². The lowest BCUT2D eigenvalue weighted by Gasteiger charge is -2.29. The van der Waals surface area contributed by atoms with Crippen molar-refractivity contribution in [3.8, 4) is 0 Å². The Balaban J connectivity index is 1.62. The van der Waals surface area contributed by atoms with Crippen LogP contribution in [-0.2, 0) is 4.74 Å². The van der Waals surface area contributed by atoms with Gasteiger partial charge in [0.25, 0.3) is 0 Å². The summed E-state index contributed by atoms with van der Waals surface area (Å²) in [4.78, 5) is 0. The molecular weight excluding hydrogens is 230 g/mol. The van der Waals surface area contributed by atoms with Gasteiger partial charge in [-0.25, -0.2) is 0 Å². The van der Waals surface area contributed by atoms with Crippen molar-refractivity contribution in [2.45, 2.75) is 69.1 Å². The summed E-state index contributed by atoms with van der Waals surface area (Å²) in [6, 6.07) is 0. The second-order valence-corrected chi connectivity index (χ2v) is 5.92. The van der Waals surface area contributed by atoms with E-state index in [0.29, 0.717) is 19.3 Å². The van der Waals surface area contributed by atoms with Crippen molar-refractivity contribution < 1.29 is 14.9 Å². The molecule has 2 aliphatic rings. The first kappa shape index (κ1) is 14.3. The maximum Gasteiger partial charge on any atom is 0.0898 e. The van der Waals surface area contributed by atoms with Gasteiger partial charge in [-0.05, 0) is 25.7 Å². The molecule has 0 amide bonds. The first-order valence-electron chi connectivity index (χ1n) is 7.40. The molecule has 2 aliphatic carbocycles. The van der Waals surface area contributed by atoms with Gasteiger partial charge < -0.3 is 20.3 Å². The predicted molar refractivity (Wildman–Crippen MR) is 70.5 cm³/mol. The third-order valence-corrected chi connectivity index (χ3v) is 4.40. The molecule has 2 saturated carbocycles. The topological polar surface area (TPSA) is 61.7 Å². The molecule has 106 valence electrons. The number of nitrogens with one attached hydrogen (secondary N) is 1. The van der Waals surface area contributed by atoms with E-state index in [0.717, 1.165) is 25.7 Å².